The van der Waals surface area contributed by atoms with Gasteiger partial charge >= 0.3 is 23.9 Å². The Morgan fingerprint density at radius 3 is 2.12 bits per heavy atom. The first-order valence-corrected chi connectivity index (χ1v) is 6.91. The number of carboxylic acid groups (broad SMARTS) is 1. The fourth-order valence-electron chi connectivity index (χ4n) is 1.48. The van der Waals surface area contributed by atoms with E-state index >= 15 is 0 Å². The number of carboxylic acids is 1. The lowest BCUT2D eigenvalue weighted by Gasteiger charge is -2.06. The summed E-state index contributed by atoms with van der Waals surface area (Å²) in [6.07, 6.45) is 0.592. The van der Waals surface area contributed by atoms with Crippen LogP contribution in [0.15, 0.2) is 36.9 Å². The zero-order valence-corrected chi connectivity index (χ0v) is 12.7. The molecule has 0 saturated carbocycles. The number of hydrogen-bond donors (Lipinski definition) is 1. The molecule has 0 aliphatic rings. The number of ether oxygens (including phenoxy) is 3. The maximum absolute atomic E-state index is 11.6. The van der Waals surface area contributed by atoms with Gasteiger partial charge in [-0.2, -0.15) is 0 Å². The van der Waals surface area contributed by atoms with Crippen molar-refractivity contribution in [2.24, 2.45) is 0 Å². The van der Waals surface area contributed by atoms with E-state index in [4.69, 9.17) is 14.6 Å². The number of carbonyl (C=O) groups is 4. The largest absolute Gasteiger partial charge is 0.478 e. The highest BCUT2D eigenvalue weighted by atomic mass is 16.6. The third kappa shape index (κ3) is 7.21. The number of esters is 3. The smallest absolute Gasteiger partial charge is 0.335 e. The molecule has 0 atom stereocenters. The van der Waals surface area contributed by atoms with Crippen LogP contribution in [-0.4, -0.2) is 42.2 Å². The molecule has 0 saturated heterocycles. The first-order chi connectivity index (χ1) is 11.4. The van der Waals surface area contributed by atoms with Gasteiger partial charge in [-0.3, -0.25) is 9.59 Å². The van der Waals surface area contributed by atoms with Gasteiger partial charge in [-0.25, -0.2) is 9.59 Å². The third-order valence-electron chi connectivity index (χ3n) is 2.62. The lowest BCUT2D eigenvalue weighted by atomic mass is 10.2. The van der Waals surface area contributed by atoms with Crippen molar-refractivity contribution in [1.82, 2.24) is 0 Å². The number of hydrogen-bond acceptors (Lipinski definition) is 7. The van der Waals surface area contributed by atoms with Crippen molar-refractivity contribution in [2.75, 3.05) is 13.2 Å². The highest BCUT2D eigenvalue weighted by Gasteiger charge is 2.11. The summed E-state index contributed by atoms with van der Waals surface area (Å²) in [5.41, 5.74) is 0.0653. The molecule has 24 heavy (non-hydrogen) atoms. The van der Waals surface area contributed by atoms with Crippen molar-refractivity contribution in [1.29, 1.82) is 0 Å². The van der Waals surface area contributed by atoms with Crippen LogP contribution < -0.4 is 4.74 Å². The lowest BCUT2D eigenvalue weighted by Crippen LogP contribution is -2.15. The Morgan fingerprint density at radius 2 is 1.54 bits per heavy atom. The average Bonchev–Trinajstić information content (AvgIpc) is 2.57. The molecule has 8 heteroatoms. The van der Waals surface area contributed by atoms with Gasteiger partial charge in [0, 0.05) is 6.08 Å². The van der Waals surface area contributed by atoms with Crippen LogP contribution in [-0.2, 0) is 23.9 Å². The van der Waals surface area contributed by atoms with E-state index in [1.54, 1.807) is 0 Å². The number of aromatic carboxylic acids is 1. The van der Waals surface area contributed by atoms with E-state index in [1.165, 1.54) is 24.3 Å². The third-order valence-corrected chi connectivity index (χ3v) is 2.62. The average molecular weight is 336 g/mol. The fraction of sp³-hybridized carbons (Fsp3) is 0.250. The molecule has 0 aliphatic carbocycles. The standard InChI is InChI=1S/C16H16O8/c1-2-13(17)22-9-10-23-14(18)7-8-15(19)24-12-5-3-11(4-6-12)16(20)21/h2-6H,1,7-10H2,(H,20,21). The Hall–Kier alpha value is -3.16. The van der Waals surface area contributed by atoms with Gasteiger partial charge in [-0.15, -0.1) is 0 Å². The monoisotopic (exact) mass is 336 g/mol. The van der Waals surface area contributed by atoms with Crippen molar-refractivity contribution >= 4 is 23.9 Å². The molecule has 0 fully saturated rings. The molecule has 1 N–H and O–H groups in total. The van der Waals surface area contributed by atoms with Crippen LogP contribution in [0.5, 0.6) is 5.75 Å². The lowest BCUT2D eigenvalue weighted by molar-refractivity contribution is -0.151. The molecule has 0 heterocycles. The van der Waals surface area contributed by atoms with E-state index in [-0.39, 0.29) is 37.4 Å². The first-order valence-electron chi connectivity index (χ1n) is 6.91. The Morgan fingerprint density at radius 1 is 0.958 bits per heavy atom. The molecule has 1 rings (SSSR count). The van der Waals surface area contributed by atoms with E-state index in [9.17, 15) is 19.2 Å². The summed E-state index contributed by atoms with van der Waals surface area (Å²) < 4.78 is 14.3. The van der Waals surface area contributed by atoms with E-state index in [0.717, 1.165) is 6.08 Å². The summed E-state index contributed by atoms with van der Waals surface area (Å²) in [5, 5.41) is 8.74. The molecular formula is C16H16O8. The van der Waals surface area contributed by atoms with E-state index in [1.807, 2.05) is 0 Å². The highest BCUT2D eigenvalue weighted by molar-refractivity contribution is 5.87. The molecular weight excluding hydrogens is 320 g/mol. The molecule has 0 unspecified atom stereocenters. The predicted molar refractivity (Wildman–Crippen MR) is 80.4 cm³/mol. The summed E-state index contributed by atoms with van der Waals surface area (Å²) in [7, 11) is 0. The zero-order valence-electron chi connectivity index (χ0n) is 12.7. The van der Waals surface area contributed by atoms with Crippen LogP contribution in [0.2, 0.25) is 0 Å². The maximum atomic E-state index is 11.6. The number of carbonyl (C=O) groups excluding carboxylic acids is 3. The Labute approximate surface area is 137 Å². The fourth-order valence-corrected chi connectivity index (χ4v) is 1.48. The Balaban J connectivity index is 2.25. The van der Waals surface area contributed by atoms with Crippen LogP contribution >= 0.6 is 0 Å². The summed E-state index contributed by atoms with van der Waals surface area (Å²) in [5.74, 6) is -2.83. The predicted octanol–water partition coefficient (Wildman–Crippen LogP) is 1.34. The molecule has 0 radical (unpaired) electrons. The maximum Gasteiger partial charge on any atom is 0.335 e. The van der Waals surface area contributed by atoms with Crippen LogP contribution in [0.4, 0.5) is 0 Å². The van der Waals surface area contributed by atoms with Crippen LogP contribution in [0.25, 0.3) is 0 Å². The minimum atomic E-state index is -1.09. The summed E-state index contributed by atoms with van der Waals surface area (Å²) in [6.45, 7) is 2.99. The molecule has 0 amide bonds. The summed E-state index contributed by atoms with van der Waals surface area (Å²) in [6, 6.07) is 5.27. The molecule has 128 valence electrons. The van der Waals surface area contributed by atoms with Crippen LogP contribution in [0.1, 0.15) is 23.2 Å². The zero-order chi connectivity index (χ0) is 17.9. The van der Waals surface area contributed by atoms with Crippen molar-refractivity contribution in [3.8, 4) is 5.75 Å². The van der Waals surface area contributed by atoms with Crippen molar-refractivity contribution in [3.63, 3.8) is 0 Å². The van der Waals surface area contributed by atoms with Gasteiger partial charge < -0.3 is 19.3 Å². The molecule has 0 aromatic heterocycles. The van der Waals surface area contributed by atoms with E-state index in [0.29, 0.717) is 0 Å². The summed E-state index contributed by atoms with van der Waals surface area (Å²) >= 11 is 0. The molecule has 1 aromatic rings. The molecule has 8 nitrogen and oxygen atoms in total. The molecule has 0 aliphatic heterocycles. The quantitative estimate of drug-likeness (QED) is 0.311. The first kappa shape index (κ1) is 18.9. The highest BCUT2D eigenvalue weighted by Crippen LogP contribution is 2.13. The van der Waals surface area contributed by atoms with Gasteiger partial charge in [0.2, 0.25) is 0 Å². The van der Waals surface area contributed by atoms with Crippen LogP contribution in [0.3, 0.4) is 0 Å². The van der Waals surface area contributed by atoms with Crippen molar-refractivity contribution < 1.29 is 38.5 Å². The van der Waals surface area contributed by atoms with E-state index in [2.05, 4.69) is 11.3 Å². The minimum absolute atomic E-state index is 0.0653. The van der Waals surface area contributed by atoms with Gasteiger partial charge in [-0.05, 0) is 24.3 Å². The van der Waals surface area contributed by atoms with Crippen molar-refractivity contribution in [2.45, 2.75) is 12.8 Å². The van der Waals surface area contributed by atoms with Gasteiger partial charge in [0.1, 0.15) is 19.0 Å². The SMILES string of the molecule is C=CC(=O)OCCOC(=O)CCC(=O)Oc1ccc(C(=O)O)cc1. The van der Waals surface area contributed by atoms with Gasteiger partial charge in [-0.1, -0.05) is 6.58 Å². The second-order valence-corrected chi connectivity index (χ2v) is 4.40. The van der Waals surface area contributed by atoms with E-state index < -0.39 is 23.9 Å². The van der Waals surface area contributed by atoms with Crippen LogP contribution in [0, 0.1) is 0 Å². The molecule has 0 spiro atoms. The Kier molecular flexibility index (Phi) is 7.69. The normalized spacial score (nSPS) is 9.67. The van der Waals surface area contributed by atoms with Gasteiger partial charge in [0.05, 0.1) is 18.4 Å². The van der Waals surface area contributed by atoms with Crippen molar-refractivity contribution in [3.05, 3.63) is 42.5 Å². The Bertz CT molecular complexity index is 617. The molecule has 0 bridgehead atoms. The number of rotatable bonds is 9. The second kappa shape index (κ2) is 9.78. The molecule has 1 aromatic carbocycles. The van der Waals surface area contributed by atoms with Gasteiger partial charge in [0.25, 0.3) is 0 Å². The minimum Gasteiger partial charge on any atom is -0.478 e. The number of benzene rings is 1. The summed E-state index contributed by atoms with van der Waals surface area (Å²) in [4.78, 5) is 44.4. The van der Waals surface area contributed by atoms with Gasteiger partial charge in [0.15, 0.2) is 0 Å². The topological polar surface area (TPSA) is 116 Å². The second-order valence-electron chi connectivity index (χ2n) is 4.40.